The molecule has 0 unspecified atom stereocenters. The number of nitrogens with one attached hydrogen (secondary N) is 2. The molecule has 0 saturated carbocycles. The van der Waals surface area contributed by atoms with E-state index in [1.807, 2.05) is 115 Å². The fourth-order valence-electron chi connectivity index (χ4n) is 6.33. The van der Waals surface area contributed by atoms with E-state index in [0.29, 0.717) is 61.5 Å². The van der Waals surface area contributed by atoms with Gasteiger partial charge in [-0.1, -0.05) is 53.7 Å². The first-order valence-electron chi connectivity index (χ1n) is 20.6. The standard InChI is InChI=1S/C22H28FN5O2S.C16H16N4O2.3C2H6/c1-31-18-6-7-26(13-18)14-21(30)27-8-4-16(5-9-27)17-2-3-19(20(23)12-17)22-24-15-28(25-22)10-11-29;1-10(2)22-15-6-3-11(8-17-15)16-13-7-12(18-9-21)4-5-14(13)19-20-16;3*1-2/h2-4,12,15,18,29H,5-11,13-14H2,1H3;3-10H,1-2H3,(H,18,21)(H,19,20);3*1-2H3/t18-;;;;/m0..../s1. The van der Waals surface area contributed by atoms with Crippen LogP contribution in [0.2, 0.25) is 0 Å². The molecule has 5 heterocycles. The van der Waals surface area contributed by atoms with Crippen molar-refractivity contribution in [2.24, 2.45) is 0 Å². The number of halogens is 1. The molecule has 1 fully saturated rings. The Morgan fingerprint density at radius 3 is 2.42 bits per heavy atom. The molecule has 0 aliphatic carbocycles. The Kier molecular flexibility index (Phi) is 20.8. The van der Waals surface area contributed by atoms with Crippen molar-refractivity contribution in [3.8, 4) is 28.5 Å². The molecule has 320 valence electrons. The maximum atomic E-state index is 14.7. The van der Waals surface area contributed by atoms with Crippen molar-refractivity contribution in [1.82, 2.24) is 39.7 Å². The van der Waals surface area contributed by atoms with Crippen LogP contribution >= 0.6 is 11.8 Å². The molecular weight excluding hydrogens is 770 g/mol. The zero-order valence-electron chi connectivity index (χ0n) is 36.0. The van der Waals surface area contributed by atoms with Crippen molar-refractivity contribution in [2.45, 2.75) is 86.1 Å². The number of H-pyrrole nitrogens is 1. The number of aliphatic hydroxyl groups excluding tert-OH is 1. The van der Waals surface area contributed by atoms with Gasteiger partial charge in [-0.3, -0.25) is 24.3 Å². The summed E-state index contributed by atoms with van der Waals surface area (Å²) < 4.78 is 21.8. The van der Waals surface area contributed by atoms with E-state index >= 15 is 0 Å². The Bertz CT molecular complexity index is 2050. The number of benzene rings is 2. The Morgan fingerprint density at radius 1 is 1.05 bits per heavy atom. The minimum absolute atomic E-state index is 0.0474. The number of ether oxygens (including phenoxy) is 1. The van der Waals surface area contributed by atoms with Gasteiger partial charge < -0.3 is 20.1 Å². The zero-order chi connectivity index (χ0) is 43.3. The van der Waals surface area contributed by atoms with Gasteiger partial charge in [0.2, 0.25) is 18.2 Å². The number of pyridine rings is 1. The van der Waals surface area contributed by atoms with E-state index < -0.39 is 0 Å². The summed E-state index contributed by atoms with van der Waals surface area (Å²) in [4.78, 5) is 35.8. The second-order valence-electron chi connectivity index (χ2n) is 13.1. The second kappa shape index (κ2) is 25.4. The number of carbonyl (C=O) groups excluding carboxylic acids is 2. The molecule has 7 rings (SSSR count). The first-order valence-corrected chi connectivity index (χ1v) is 21.9. The van der Waals surface area contributed by atoms with Crippen LogP contribution in [0.25, 0.3) is 39.1 Å². The van der Waals surface area contributed by atoms with Gasteiger partial charge in [0.15, 0.2) is 5.82 Å². The summed E-state index contributed by atoms with van der Waals surface area (Å²) in [7, 11) is 0. The maximum Gasteiger partial charge on any atom is 0.237 e. The summed E-state index contributed by atoms with van der Waals surface area (Å²) in [5.74, 6) is 0.679. The lowest BCUT2D eigenvalue weighted by Gasteiger charge is -2.28. The van der Waals surface area contributed by atoms with Crippen LogP contribution in [-0.2, 0) is 16.1 Å². The molecule has 0 bridgehead atoms. The van der Waals surface area contributed by atoms with Crippen LogP contribution in [0.3, 0.4) is 0 Å². The van der Waals surface area contributed by atoms with E-state index in [-0.39, 0.29) is 24.4 Å². The van der Waals surface area contributed by atoms with Crippen LogP contribution in [0.4, 0.5) is 10.1 Å². The highest BCUT2D eigenvalue weighted by molar-refractivity contribution is 7.99. The minimum atomic E-state index is -0.379. The molecule has 2 aliphatic rings. The quantitative estimate of drug-likeness (QED) is 0.105. The summed E-state index contributed by atoms with van der Waals surface area (Å²) in [5.41, 5.74) is 5.50. The Hall–Kier alpha value is -5.12. The molecule has 0 radical (unpaired) electrons. The van der Waals surface area contributed by atoms with Gasteiger partial charge in [0.1, 0.15) is 17.8 Å². The Labute approximate surface area is 352 Å². The fourth-order valence-corrected chi connectivity index (χ4v) is 7.03. The molecule has 1 atom stereocenters. The summed E-state index contributed by atoms with van der Waals surface area (Å²) in [6, 6.07) is 14.4. The van der Waals surface area contributed by atoms with Crippen LogP contribution in [0.15, 0.2) is 67.1 Å². The fraction of sp³-hybridized carbons (Fsp3) is 0.455. The highest BCUT2D eigenvalue weighted by Crippen LogP contribution is 2.30. The number of likely N-dealkylation sites (tertiary alicyclic amines) is 1. The molecule has 2 aliphatic heterocycles. The normalized spacial score (nSPS) is 14.7. The summed E-state index contributed by atoms with van der Waals surface area (Å²) >= 11 is 1.87. The SMILES string of the molecule is CC.CC.CC.CC(C)Oc1ccc(-c2n[nH]c3ccc(NC=O)cc23)cn1.CS[C@H]1CCN(CC(=O)N2CC=C(c3ccc(-c4ncn(CCO)n4)c(F)c3)CC2)C1. The Balaban J connectivity index is 0.000000292. The number of hydrogen-bond donors (Lipinski definition) is 3. The topological polar surface area (TPSA) is 154 Å². The van der Waals surface area contributed by atoms with Gasteiger partial charge in [-0.15, -0.1) is 0 Å². The molecule has 15 heteroatoms. The molecule has 5 aromatic rings. The molecule has 3 N–H and O–H groups in total. The van der Waals surface area contributed by atoms with Crippen molar-refractivity contribution in [3.63, 3.8) is 0 Å². The van der Waals surface area contributed by atoms with E-state index in [1.165, 1.54) is 17.1 Å². The first kappa shape index (κ1) is 48.3. The van der Waals surface area contributed by atoms with Crippen molar-refractivity contribution in [3.05, 3.63) is 78.5 Å². The highest BCUT2D eigenvalue weighted by Gasteiger charge is 2.26. The van der Waals surface area contributed by atoms with Crippen molar-refractivity contribution >= 4 is 46.2 Å². The molecule has 3 aromatic heterocycles. The lowest BCUT2D eigenvalue weighted by Crippen LogP contribution is -2.41. The summed E-state index contributed by atoms with van der Waals surface area (Å²) in [6.45, 7) is 19.9. The average molecular weight is 832 g/mol. The van der Waals surface area contributed by atoms with Crippen LogP contribution < -0.4 is 10.1 Å². The lowest BCUT2D eigenvalue weighted by atomic mass is 9.98. The molecule has 59 heavy (non-hydrogen) atoms. The van der Waals surface area contributed by atoms with Crippen molar-refractivity contribution in [1.29, 1.82) is 0 Å². The van der Waals surface area contributed by atoms with Gasteiger partial charge in [-0.25, -0.2) is 14.4 Å². The van der Waals surface area contributed by atoms with Gasteiger partial charge >= 0.3 is 0 Å². The van der Waals surface area contributed by atoms with E-state index in [0.717, 1.165) is 58.5 Å². The highest BCUT2D eigenvalue weighted by atomic mass is 32.2. The van der Waals surface area contributed by atoms with E-state index in [1.54, 1.807) is 12.3 Å². The largest absolute Gasteiger partial charge is 0.475 e. The average Bonchev–Trinajstić information content (AvgIpc) is 4.04. The third-order valence-electron chi connectivity index (χ3n) is 9.08. The number of fused-ring (bicyclic) bond motifs is 1. The number of hydrogen-bond acceptors (Lipinski definition) is 10. The third-order valence-corrected chi connectivity index (χ3v) is 10.1. The van der Waals surface area contributed by atoms with Gasteiger partial charge in [0.25, 0.3) is 0 Å². The van der Waals surface area contributed by atoms with E-state index in [4.69, 9.17) is 9.84 Å². The van der Waals surface area contributed by atoms with Crippen LogP contribution in [0, 0.1) is 5.82 Å². The summed E-state index contributed by atoms with van der Waals surface area (Å²) in [5, 5.41) is 24.7. The molecule has 2 amide bonds. The number of aromatic nitrogens is 6. The van der Waals surface area contributed by atoms with Crippen molar-refractivity contribution < 1.29 is 23.8 Å². The maximum absolute atomic E-state index is 14.7. The predicted octanol–water partition coefficient (Wildman–Crippen LogP) is 8.19. The number of nitrogens with zero attached hydrogens (tertiary/aromatic N) is 7. The summed E-state index contributed by atoms with van der Waals surface area (Å²) in [6.07, 6.45) is 9.96. The monoisotopic (exact) mass is 831 g/mol. The number of thioether (sulfide) groups is 1. The van der Waals surface area contributed by atoms with E-state index in [2.05, 4.69) is 41.7 Å². The second-order valence-corrected chi connectivity index (χ2v) is 14.2. The predicted molar refractivity (Wildman–Crippen MR) is 239 cm³/mol. The zero-order valence-corrected chi connectivity index (χ0v) is 36.9. The minimum Gasteiger partial charge on any atom is -0.475 e. The molecular formula is C44H62FN9O4S. The number of anilines is 1. The number of carbonyl (C=O) groups is 2. The number of aromatic amines is 1. The van der Waals surface area contributed by atoms with Gasteiger partial charge in [-0.2, -0.15) is 22.0 Å². The molecule has 13 nitrogen and oxygen atoms in total. The number of aliphatic hydroxyl groups is 1. The Morgan fingerprint density at radius 2 is 1.81 bits per heavy atom. The molecule has 2 aromatic carbocycles. The van der Waals surface area contributed by atoms with Gasteiger partial charge in [-0.05, 0) is 87.0 Å². The van der Waals surface area contributed by atoms with Gasteiger partial charge in [0.05, 0.1) is 36.9 Å². The smallest absolute Gasteiger partial charge is 0.237 e. The lowest BCUT2D eigenvalue weighted by molar-refractivity contribution is -0.131. The van der Waals surface area contributed by atoms with Crippen molar-refractivity contribution in [2.75, 3.05) is 50.9 Å². The van der Waals surface area contributed by atoms with Crippen LogP contribution in [0.5, 0.6) is 5.88 Å². The van der Waals surface area contributed by atoms with E-state index in [9.17, 15) is 14.0 Å². The van der Waals surface area contributed by atoms with Gasteiger partial charge in [0, 0.05) is 53.8 Å². The number of rotatable bonds is 12. The molecule has 0 spiro atoms. The first-order chi connectivity index (χ1) is 28.7. The molecule has 1 saturated heterocycles. The third kappa shape index (κ3) is 13.7. The van der Waals surface area contributed by atoms with Crippen LogP contribution in [0.1, 0.15) is 73.8 Å². The number of amides is 2. The van der Waals surface area contributed by atoms with Crippen LogP contribution in [-0.4, -0.2) is 114 Å².